The monoisotopic (exact) mass is 383 g/mol. The number of imidazole rings is 1. The van der Waals surface area contributed by atoms with Crippen LogP contribution in [-0.4, -0.2) is 45.6 Å². The number of benzene rings is 1. The highest BCUT2D eigenvalue weighted by Crippen LogP contribution is 2.40. The Morgan fingerprint density at radius 1 is 1.29 bits per heavy atom. The lowest BCUT2D eigenvalue weighted by molar-refractivity contribution is -0.169. The molecule has 1 spiro atoms. The number of aryl methyl sites for hydroxylation is 1. The third-order valence-corrected chi connectivity index (χ3v) is 5.64. The number of carbonyl (C=O) groups is 2. The molecule has 2 aliphatic heterocycles. The van der Waals surface area contributed by atoms with Crippen LogP contribution in [0, 0.1) is 0 Å². The number of nitrogens with two attached hydrogens (primary N) is 1. The van der Waals surface area contributed by atoms with Crippen LogP contribution < -0.4 is 11.1 Å². The average molecular weight is 383 g/mol. The third-order valence-electron chi connectivity index (χ3n) is 5.64. The second-order valence-electron chi connectivity index (χ2n) is 7.37. The van der Waals surface area contributed by atoms with Crippen molar-refractivity contribution in [2.24, 2.45) is 5.73 Å². The van der Waals surface area contributed by atoms with E-state index in [4.69, 9.17) is 10.5 Å². The molecule has 0 bridgehead atoms. The molecular weight excluding hydrogens is 358 g/mol. The third kappa shape index (κ3) is 3.35. The van der Waals surface area contributed by atoms with E-state index in [0.29, 0.717) is 32.5 Å². The largest absolute Gasteiger partial charge is 0.367 e. The minimum Gasteiger partial charge on any atom is -0.367 e. The molecule has 2 aliphatic rings. The van der Waals surface area contributed by atoms with Crippen LogP contribution in [0.4, 0.5) is 10.5 Å². The molecule has 0 radical (unpaired) electrons. The van der Waals surface area contributed by atoms with Gasteiger partial charge in [-0.25, -0.2) is 9.78 Å². The van der Waals surface area contributed by atoms with E-state index in [1.165, 1.54) is 5.56 Å². The number of aromatic nitrogens is 2. The fraction of sp³-hybridized carbons (Fsp3) is 0.450. The van der Waals surface area contributed by atoms with Gasteiger partial charge in [0, 0.05) is 44.0 Å². The van der Waals surface area contributed by atoms with Crippen molar-refractivity contribution >= 4 is 17.6 Å². The van der Waals surface area contributed by atoms with Crippen molar-refractivity contribution in [1.82, 2.24) is 14.5 Å². The zero-order chi connectivity index (χ0) is 19.7. The van der Waals surface area contributed by atoms with E-state index in [0.717, 1.165) is 17.9 Å². The molecule has 8 heteroatoms. The predicted octanol–water partition coefficient (Wildman–Crippen LogP) is 1.85. The Hall–Kier alpha value is -2.87. The van der Waals surface area contributed by atoms with Crippen molar-refractivity contribution in [3.63, 3.8) is 0 Å². The van der Waals surface area contributed by atoms with Crippen LogP contribution in [0.25, 0.3) is 0 Å². The minimum atomic E-state index is -0.681. The molecule has 3 N–H and O–H groups in total. The van der Waals surface area contributed by atoms with Crippen molar-refractivity contribution in [3.05, 3.63) is 48.0 Å². The van der Waals surface area contributed by atoms with Gasteiger partial charge in [0.05, 0.1) is 6.54 Å². The Labute approximate surface area is 163 Å². The van der Waals surface area contributed by atoms with Gasteiger partial charge in [0.25, 0.3) is 0 Å². The molecule has 3 heterocycles. The van der Waals surface area contributed by atoms with Gasteiger partial charge < -0.3 is 25.3 Å². The number of amides is 3. The molecule has 1 aromatic heterocycles. The number of ether oxygens (including phenoxy) is 1. The Morgan fingerprint density at radius 2 is 2.00 bits per heavy atom. The maximum atomic E-state index is 12.6. The van der Waals surface area contributed by atoms with Crippen LogP contribution in [0.15, 0.2) is 36.7 Å². The van der Waals surface area contributed by atoms with E-state index in [-0.39, 0.29) is 6.03 Å². The van der Waals surface area contributed by atoms with Gasteiger partial charge >= 0.3 is 6.03 Å². The first-order valence-corrected chi connectivity index (χ1v) is 9.64. The second kappa shape index (κ2) is 7.27. The molecule has 0 aliphatic carbocycles. The molecule has 8 nitrogen and oxygen atoms in total. The van der Waals surface area contributed by atoms with Gasteiger partial charge in [-0.15, -0.1) is 0 Å². The van der Waals surface area contributed by atoms with Crippen LogP contribution in [0.1, 0.15) is 31.2 Å². The first-order chi connectivity index (χ1) is 13.5. The highest BCUT2D eigenvalue weighted by molar-refractivity contribution is 5.89. The van der Waals surface area contributed by atoms with Gasteiger partial charge in [-0.2, -0.15) is 0 Å². The van der Waals surface area contributed by atoms with E-state index in [1.807, 2.05) is 35.0 Å². The predicted molar refractivity (Wildman–Crippen MR) is 104 cm³/mol. The number of fused-ring (bicyclic) bond motifs is 2. The molecule has 0 unspecified atom stereocenters. The maximum Gasteiger partial charge on any atom is 0.321 e. The number of likely N-dealkylation sites (tertiary alicyclic amines) is 1. The summed E-state index contributed by atoms with van der Waals surface area (Å²) in [5.41, 5.74) is 6.82. The molecule has 1 atom stereocenters. The first-order valence-electron chi connectivity index (χ1n) is 9.64. The summed E-state index contributed by atoms with van der Waals surface area (Å²) in [6.45, 7) is 3.50. The molecule has 4 rings (SSSR count). The number of carbonyl (C=O) groups excluding carboxylic acids is 2. The van der Waals surface area contributed by atoms with Crippen molar-refractivity contribution in [2.75, 3.05) is 18.4 Å². The average Bonchev–Trinajstić information content (AvgIpc) is 3.19. The lowest BCUT2D eigenvalue weighted by Crippen LogP contribution is -2.54. The molecule has 2 aromatic rings. The van der Waals surface area contributed by atoms with Crippen LogP contribution >= 0.6 is 0 Å². The minimum absolute atomic E-state index is 0.135. The summed E-state index contributed by atoms with van der Waals surface area (Å²) in [5.74, 6) is 0.328. The SMILES string of the molecule is CCc1ccc(NC(=O)N2CCC3(CC2)O[C@H](C(N)=O)Cn2ccnc23)cc1. The maximum absolute atomic E-state index is 12.6. The number of hydrogen-bond donors (Lipinski definition) is 2. The summed E-state index contributed by atoms with van der Waals surface area (Å²) in [6.07, 6.45) is 4.97. The van der Waals surface area contributed by atoms with Crippen LogP contribution in [0.5, 0.6) is 0 Å². The number of nitrogens with one attached hydrogen (secondary N) is 1. The van der Waals surface area contributed by atoms with Crippen molar-refractivity contribution in [2.45, 2.75) is 44.4 Å². The topological polar surface area (TPSA) is 102 Å². The summed E-state index contributed by atoms with van der Waals surface area (Å²) in [6, 6.07) is 7.73. The normalized spacial score (nSPS) is 20.6. The second-order valence-corrected chi connectivity index (χ2v) is 7.37. The number of rotatable bonds is 3. The summed E-state index contributed by atoms with van der Waals surface area (Å²) < 4.78 is 8.05. The number of anilines is 1. The van der Waals surface area contributed by atoms with Crippen molar-refractivity contribution < 1.29 is 14.3 Å². The van der Waals surface area contributed by atoms with Crippen LogP contribution in [0.2, 0.25) is 0 Å². The number of nitrogens with zero attached hydrogens (tertiary/aromatic N) is 3. The quantitative estimate of drug-likeness (QED) is 0.844. The van der Waals surface area contributed by atoms with Gasteiger partial charge in [-0.3, -0.25) is 4.79 Å². The van der Waals surface area contributed by atoms with Gasteiger partial charge in [0.2, 0.25) is 5.91 Å². The smallest absolute Gasteiger partial charge is 0.321 e. The van der Waals surface area contributed by atoms with Crippen molar-refractivity contribution in [3.8, 4) is 0 Å². The fourth-order valence-electron chi connectivity index (χ4n) is 3.98. The summed E-state index contributed by atoms with van der Waals surface area (Å²) in [4.78, 5) is 30.6. The van der Waals surface area contributed by atoms with Crippen LogP contribution in [0.3, 0.4) is 0 Å². The zero-order valence-electron chi connectivity index (χ0n) is 15.9. The summed E-state index contributed by atoms with van der Waals surface area (Å²) in [5, 5.41) is 2.95. The van der Waals surface area contributed by atoms with E-state index >= 15 is 0 Å². The standard InChI is InChI=1S/C20H25N5O3/c1-2-14-3-5-15(6-4-14)23-19(27)24-10-7-20(8-11-24)18-22-9-12-25(18)13-16(28-20)17(21)26/h3-6,9,12,16H,2,7-8,10-11,13H2,1H3,(H2,21,26)(H,23,27)/t16-/m0/s1. The van der Waals surface area contributed by atoms with Gasteiger partial charge in [0.15, 0.2) is 6.10 Å². The molecule has 0 saturated carbocycles. The molecular formula is C20H25N5O3. The van der Waals surface area contributed by atoms with Crippen LogP contribution in [-0.2, 0) is 28.1 Å². The van der Waals surface area contributed by atoms with Crippen molar-refractivity contribution in [1.29, 1.82) is 0 Å². The Bertz CT molecular complexity index is 868. The highest BCUT2D eigenvalue weighted by atomic mass is 16.5. The van der Waals surface area contributed by atoms with E-state index in [2.05, 4.69) is 17.2 Å². The van der Waals surface area contributed by atoms with Gasteiger partial charge in [-0.1, -0.05) is 19.1 Å². The number of piperidine rings is 1. The van der Waals surface area contributed by atoms with E-state index in [1.54, 1.807) is 11.1 Å². The lowest BCUT2D eigenvalue weighted by Gasteiger charge is -2.45. The van der Waals surface area contributed by atoms with E-state index in [9.17, 15) is 9.59 Å². The summed E-state index contributed by atoms with van der Waals surface area (Å²) in [7, 11) is 0. The Kier molecular flexibility index (Phi) is 4.80. The van der Waals surface area contributed by atoms with E-state index < -0.39 is 17.6 Å². The molecule has 148 valence electrons. The highest BCUT2D eigenvalue weighted by Gasteiger charge is 2.47. The number of primary amides is 1. The number of hydrogen-bond acceptors (Lipinski definition) is 4. The molecule has 28 heavy (non-hydrogen) atoms. The first kappa shape index (κ1) is 18.5. The van der Waals surface area contributed by atoms with Gasteiger partial charge in [-0.05, 0) is 24.1 Å². The number of urea groups is 1. The summed E-state index contributed by atoms with van der Waals surface area (Å²) >= 11 is 0. The fourth-order valence-corrected chi connectivity index (χ4v) is 3.98. The molecule has 1 aromatic carbocycles. The molecule has 1 fully saturated rings. The molecule has 1 saturated heterocycles. The Morgan fingerprint density at radius 3 is 2.64 bits per heavy atom. The molecule has 3 amide bonds. The zero-order valence-corrected chi connectivity index (χ0v) is 15.9. The van der Waals surface area contributed by atoms with Gasteiger partial charge in [0.1, 0.15) is 11.4 Å². The Balaban J connectivity index is 1.43. The lowest BCUT2D eigenvalue weighted by atomic mass is 9.88.